The van der Waals surface area contributed by atoms with Crippen LogP contribution >= 0.6 is 0 Å². The van der Waals surface area contributed by atoms with Crippen LogP contribution in [0.1, 0.15) is 93.6 Å². The number of rotatable bonds is 7. The first kappa shape index (κ1) is 28.6. The predicted molar refractivity (Wildman–Crippen MR) is 169 cm³/mol. The lowest BCUT2D eigenvalue weighted by molar-refractivity contribution is -0.0366. The molecule has 0 aliphatic carbocycles. The molecular weight excluding hydrogens is 523 g/mol. The summed E-state index contributed by atoms with van der Waals surface area (Å²) in [7, 11) is -0.402. The Morgan fingerprint density at radius 1 is 0.929 bits per heavy atom. The molecule has 0 N–H and O–H groups in total. The highest BCUT2D eigenvalue weighted by Crippen LogP contribution is 2.38. The van der Waals surface area contributed by atoms with Gasteiger partial charge < -0.3 is 14.0 Å². The third kappa shape index (κ3) is 5.26. The molecule has 2 aliphatic rings. The molecular formula is C35H39BN2O4. The van der Waals surface area contributed by atoms with E-state index in [4.69, 9.17) is 19.1 Å². The Balaban J connectivity index is 1.42. The summed E-state index contributed by atoms with van der Waals surface area (Å²) in [6.45, 7) is 11.3. The van der Waals surface area contributed by atoms with E-state index < -0.39 is 7.12 Å². The van der Waals surface area contributed by atoms with Crippen molar-refractivity contribution < 1.29 is 18.8 Å². The van der Waals surface area contributed by atoms with Gasteiger partial charge in [-0.25, -0.2) is 4.68 Å². The minimum atomic E-state index is -0.402. The molecule has 2 saturated heterocycles. The number of hydrogen-bond donors (Lipinski definition) is 0. The van der Waals surface area contributed by atoms with Crippen molar-refractivity contribution in [3.63, 3.8) is 0 Å². The van der Waals surface area contributed by atoms with Gasteiger partial charge in [0.15, 0.2) is 6.23 Å². The first-order chi connectivity index (χ1) is 20.2. The van der Waals surface area contributed by atoms with Crippen LogP contribution in [0, 0.1) is 0 Å². The number of carbonyl (C=O) groups is 1. The molecule has 0 spiro atoms. The summed E-state index contributed by atoms with van der Waals surface area (Å²) in [6.07, 6.45) is 6.88. The summed E-state index contributed by atoms with van der Waals surface area (Å²) >= 11 is 0. The maximum atomic E-state index is 11.4. The van der Waals surface area contributed by atoms with E-state index in [0.717, 1.165) is 77.2 Å². The van der Waals surface area contributed by atoms with Crippen molar-refractivity contribution in [2.24, 2.45) is 0 Å². The summed E-state index contributed by atoms with van der Waals surface area (Å²) in [5, 5.41) is 5.80. The van der Waals surface area contributed by atoms with Crippen molar-refractivity contribution in [2.45, 2.75) is 77.7 Å². The molecule has 7 heteroatoms. The van der Waals surface area contributed by atoms with E-state index in [1.54, 1.807) is 0 Å². The number of carbonyl (C=O) groups excluding carboxylic acids is 1. The van der Waals surface area contributed by atoms with Gasteiger partial charge in [0.05, 0.1) is 22.9 Å². The third-order valence-corrected chi connectivity index (χ3v) is 9.09. The van der Waals surface area contributed by atoms with Crippen molar-refractivity contribution in [1.29, 1.82) is 0 Å². The highest BCUT2D eigenvalue weighted by atomic mass is 16.7. The second-order valence-corrected chi connectivity index (χ2v) is 12.3. The zero-order valence-corrected chi connectivity index (χ0v) is 25.2. The van der Waals surface area contributed by atoms with E-state index in [2.05, 4.69) is 77.1 Å². The van der Waals surface area contributed by atoms with E-state index in [9.17, 15) is 4.79 Å². The van der Waals surface area contributed by atoms with Crippen LogP contribution in [0.25, 0.3) is 22.0 Å². The lowest BCUT2D eigenvalue weighted by Crippen LogP contribution is -2.41. The Bertz CT molecular complexity index is 1600. The standard InChI is InChI=1S/C35H39BN2O4/c1-6-30(25-14-17-29(18-15-25)36-41-34(2,3)35(4,5)42-36)33(26-12-10-24(23-39)11-13-26)27-16-19-31-28(21-27)22-37-38(31)32-9-7-8-20-40-32/h10-19,21-23,32H,6-9,20H2,1-5H3. The van der Waals surface area contributed by atoms with E-state index in [1.807, 2.05) is 35.1 Å². The molecule has 6 rings (SSSR count). The average Bonchev–Trinajstić information content (AvgIpc) is 3.52. The molecule has 0 amide bonds. The maximum absolute atomic E-state index is 11.4. The van der Waals surface area contributed by atoms with Crippen molar-refractivity contribution in [3.8, 4) is 0 Å². The minimum absolute atomic E-state index is 0.0123. The van der Waals surface area contributed by atoms with Crippen LogP contribution < -0.4 is 5.46 Å². The fourth-order valence-corrected chi connectivity index (χ4v) is 5.94. The summed E-state index contributed by atoms with van der Waals surface area (Å²) in [6, 6.07) is 22.9. The smallest absolute Gasteiger partial charge is 0.399 e. The topological polar surface area (TPSA) is 62.6 Å². The molecule has 6 nitrogen and oxygen atoms in total. The number of fused-ring (bicyclic) bond motifs is 1. The molecule has 1 atom stereocenters. The number of allylic oxidation sites excluding steroid dienone is 1. The first-order valence-corrected chi connectivity index (χ1v) is 15.0. The second kappa shape index (κ2) is 11.3. The molecule has 2 aliphatic heterocycles. The first-order valence-electron chi connectivity index (χ1n) is 15.0. The second-order valence-electron chi connectivity index (χ2n) is 12.3. The number of benzene rings is 3. The molecule has 0 bridgehead atoms. The molecule has 3 aromatic carbocycles. The van der Waals surface area contributed by atoms with Crippen LogP contribution in [0.5, 0.6) is 0 Å². The van der Waals surface area contributed by atoms with Gasteiger partial charge >= 0.3 is 7.12 Å². The molecule has 2 fully saturated rings. The third-order valence-electron chi connectivity index (χ3n) is 9.09. The van der Waals surface area contributed by atoms with Crippen LogP contribution in [-0.2, 0) is 14.0 Å². The van der Waals surface area contributed by atoms with E-state index >= 15 is 0 Å². The van der Waals surface area contributed by atoms with Crippen LogP contribution in [-0.4, -0.2) is 41.0 Å². The summed E-state index contributed by atoms with van der Waals surface area (Å²) < 4.78 is 20.6. The largest absolute Gasteiger partial charge is 0.494 e. The van der Waals surface area contributed by atoms with E-state index in [0.29, 0.717) is 5.56 Å². The van der Waals surface area contributed by atoms with Crippen LogP contribution in [0.3, 0.4) is 0 Å². The van der Waals surface area contributed by atoms with Gasteiger partial charge in [0.2, 0.25) is 0 Å². The van der Waals surface area contributed by atoms with Crippen molar-refractivity contribution in [2.75, 3.05) is 6.61 Å². The fourth-order valence-electron chi connectivity index (χ4n) is 5.94. The van der Waals surface area contributed by atoms with Crippen LogP contribution in [0.15, 0.2) is 72.9 Å². The SMILES string of the molecule is CCC(=C(c1ccc(C=O)cc1)c1ccc2c(cnn2C2CCCCO2)c1)c1ccc(B2OC(C)(C)C(C)(C)O2)cc1. The normalized spacial score (nSPS) is 20.5. The molecule has 1 aromatic heterocycles. The summed E-state index contributed by atoms with van der Waals surface area (Å²) in [4.78, 5) is 11.4. The predicted octanol–water partition coefficient (Wildman–Crippen LogP) is 7.22. The number of ether oxygens (including phenoxy) is 1. The van der Waals surface area contributed by atoms with Crippen LogP contribution in [0.4, 0.5) is 0 Å². The van der Waals surface area contributed by atoms with Gasteiger partial charge in [0, 0.05) is 17.6 Å². The zero-order chi connectivity index (χ0) is 29.5. The Morgan fingerprint density at radius 3 is 2.21 bits per heavy atom. The van der Waals surface area contributed by atoms with Gasteiger partial charge in [-0.3, -0.25) is 4.79 Å². The minimum Gasteiger partial charge on any atom is -0.399 e. The quantitative estimate of drug-likeness (QED) is 0.135. The lowest BCUT2D eigenvalue weighted by atomic mass is 9.78. The van der Waals surface area contributed by atoms with Crippen molar-refractivity contribution >= 4 is 40.9 Å². The van der Waals surface area contributed by atoms with E-state index in [1.165, 1.54) is 5.57 Å². The Morgan fingerprint density at radius 2 is 1.60 bits per heavy atom. The van der Waals surface area contributed by atoms with Gasteiger partial charge in [-0.15, -0.1) is 0 Å². The Kier molecular flexibility index (Phi) is 7.69. The van der Waals surface area contributed by atoms with E-state index in [-0.39, 0.29) is 17.4 Å². The molecule has 0 saturated carbocycles. The number of aromatic nitrogens is 2. The van der Waals surface area contributed by atoms with Crippen LogP contribution in [0.2, 0.25) is 0 Å². The van der Waals surface area contributed by atoms with Gasteiger partial charge in [0.25, 0.3) is 0 Å². The number of nitrogens with zero attached hydrogens (tertiary/aromatic N) is 2. The molecule has 216 valence electrons. The Labute approximate surface area is 248 Å². The lowest BCUT2D eigenvalue weighted by Gasteiger charge is -2.32. The molecule has 3 heterocycles. The van der Waals surface area contributed by atoms with Gasteiger partial charge in [-0.1, -0.05) is 61.5 Å². The van der Waals surface area contributed by atoms with Crippen molar-refractivity contribution in [1.82, 2.24) is 9.78 Å². The fraction of sp³-hybridized carbons (Fsp3) is 0.371. The summed E-state index contributed by atoms with van der Waals surface area (Å²) in [5.41, 5.74) is 7.63. The summed E-state index contributed by atoms with van der Waals surface area (Å²) in [5.74, 6) is 0. The maximum Gasteiger partial charge on any atom is 0.494 e. The molecule has 42 heavy (non-hydrogen) atoms. The highest BCUT2D eigenvalue weighted by Gasteiger charge is 2.51. The van der Waals surface area contributed by atoms with Gasteiger partial charge in [0.1, 0.15) is 6.29 Å². The molecule has 4 aromatic rings. The monoisotopic (exact) mass is 562 g/mol. The van der Waals surface area contributed by atoms with Gasteiger partial charge in [-0.2, -0.15) is 5.10 Å². The molecule has 1 unspecified atom stereocenters. The van der Waals surface area contributed by atoms with Crippen molar-refractivity contribution in [3.05, 3.63) is 95.2 Å². The average molecular weight is 563 g/mol. The molecule has 0 radical (unpaired) electrons. The number of hydrogen-bond acceptors (Lipinski definition) is 5. The zero-order valence-electron chi connectivity index (χ0n) is 25.2. The Hall–Kier alpha value is -3.52. The van der Waals surface area contributed by atoms with Gasteiger partial charge in [-0.05, 0) is 98.8 Å². The number of aldehydes is 1. The highest BCUT2D eigenvalue weighted by molar-refractivity contribution is 6.62.